The van der Waals surface area contributed by atoms with Crippen LogP contribution in [-0.2, 0) is 4.74 Å². The molecule has 0 aliphatic heterocycles. The van der Waals surface area contributed by atoms with E-state index < -0.39 is 6.50 Å². The van der Waals surface area contributed by atoms with Crippen molar-refractivity contribution in [3.63, 3.8) is 0 Å². The van der Waals surface area contributed by atoms with Gasteiger partial charge in [-0.1, -0.05) is 54.6 Å². The molecule has 2 aromatic rings. The van der Waals surface area contributed by atoms with Crippen molar-refractivity contribution in [3.8, 4) is 0 Å². The Labute approximate surface area is 124 Å². The number of benzene rings is 2. The lowest BCUT2D eigenvalue weighted by atomic mass is 9.97. The molecule has 2 heteroatoms. The first-order valence-electron chi connectivity index (χ1n) is 7.81. The standard InChI is InChI=1S/C18H23NO/c1-15-9-7-8-12-17(15)18(20-14-13-19(2)3)16-10-5-4-6-11-16/h4-12,18H,13-14H2,1-3H3/i13D2. The number of hydrogen-bond donors (Lipinski definition) is 0. The highest BCUT2D eigenvalue weighted by Crippen LogP contribution is 2.28. The minimum atomic E-state index is -1.50. The van der Waals surface area contributed by atoms with Gasteiger partial charge in [0.25, 0.3) is 0 Å². The molecule has 0 N–H and O–H groups in total. The number of nitrogens with zero attached hydrogens (tertiary/aromatic N) is 1. The Morgan fingerprint density at radius 3 is 2.35 bits per heavy atom. The van der Waals surface area contributed by atoms with E-state index in [-0.39, 0.29) is 12.7 Å². The molecule has 0 aliphatic rings. The Kier molecular flexibility index (Phi) is 4.38. The average molecular weight is 271 g/mol. The summed E-state index contributed by atoms with van der Waals surface area (Å²) in [6, 6.07) is 18.0. The Bertz CT molecular complexity index is 599. The second-order valence-electron chi connectivity index (χ2n) is 5.01. The highest BCUT2D eigenvalue weighted by atomic mass is 16.5. The second kappa shape index (κ2) is 7.22. The topological polar surface area (TPSA) is 12.5 Å². The Morgan fingerprint density at radius 2 is 1.70 bits per heavy atom. The van der Waals surface area contributed by atoms with Gasteiger partial charge in [-0.15, -0.1) is 0 Å². The van der Waals surface area contributed by atoms with Gasteiger partial charge in [0.2, 0.25) is 0 Å². The first-order chi connectivity index (χ1) is 10.4. The zero-order valence-corrected chi connectivity index (χ0v) is 12.3. The van der Waals surface area contributed by atoms with Gasteiger partial charge in [0, 0.05) is 9.24 Å². The van der Waals surface area contributed by atoms with Crippen molar-refractivity contribution in [2.75, 3.05) is 27.2 Å². The van der Waals surface area contributed by atoms with E-state index in [4.69, 9.17) is 7.48 Å². The van der Waals surface area contributed by atoms with E-state index in [1.54, 1.807) is 14.1 Å². The number of likely N-dealkylation sites (N-methyl/N-ethyl adjacent to an activating group) is 1. The molecule has 1 atom stereocenters. The van der Waals surface area contributed by atoms with Gasteiger partial charge in [0.05, 0.1) is 6.61 Å². The monoisotopic (exact) mass is 271 g/mol. The van der Waals surface area contributed by atoms with Crippen LogP contribution in [0.5, 0.6) is 0 Å². The molecule has 0 bridgehead atoms. The summed E-state index contributed by atoms with van der Waals surface area (Å²) in [4.78, 5) is 1.53. The maximum absolute atomic E-state index is 8.02. The average Bonchev–Trinajstić information content (AvgIpc) is 2.50. The summed E-state index contributed by atoms with van der Waals surface area (Å²) >= 11 is 0. The number of rotatable bonds is 6. The van der Waals surface area contributed by atoms with E-state index in [2.05, 4.69) is 13.0 Å². The molecule has 106 valence electrons. The SMILES string of the molecule is [2H]C([2H])(COC(c1ccccc1)c1ccccc1C)N(C)C. The van der Waals surface area contributed by atoms with Crippen LogP contribution in [0.4, 0.5) is 0 Å². The molecule has 0 aromatic heterocycles. The van der Waals surface area contributed by atoms with Crippen LogP contribution in [-0.4, -0.2) is 32.1 Å². The van der Waals surface area contributed by atoms with Crippen molar-refractivity contribution in [3.05, 3.63) is 71.3 Å². The van der Waals surface area contributed by atoms with Gasteiger partial charge in [0.1, 0.15) is 6.10 Å². The van der Waals surface area contributed by atoms with Crippen LogP contribution in [0.1, 0.15) is 25.5 Å². The van der Waals surface area contributed by atoms with Crippen molar-refractivity contribution < 1.29 is 7.48 Å². The zero-order chi connectivity index (χ0) is 16.2. The Hall–Kier alpha value is -1.64. The molecule has 0 radical (unpaired) electrons. The molecule has 0 saturated carbocycles. The third kappa shape index (κ3) is 3.92. The first kappa shape index (κ1) is 12.1. The fraction of sp³-hybridized carbons (Fsp3) is 0.333. The fourth-order valence-corrected chi connectivity index (χ4v) is 2.12. The van der Waals surface area contributed by atoms with Crippen LogP contribution >= 0.6 is 0 Å². The third-order valence-electron chi connectivity index (χ3n) is 3.20. The zero-order valence-electron chi connectivity index (χ0n) is 14.3. The first-order valence-corrected chi connectivity index (χ1v) is 6.81. The molecule has 2 rings (SSSR count). The minimum Gasteiger partial charge on any atom is -0.367 e. The van der Waals surface area contributed by atoms with Crippen molar-refractivity contribution in [1.29, 1.82) is 0 Å². The largest absolute Gasteiger partial charge is 0.367 e. The van der Waals surface area contributed by atoms with E-state index in [0.29, 0.717) is 0 Å². The van der Waals surface area contributed by atoms with Crippen LogP contribution in [0.2, 0.25) is 0 Å². The lowest BCUT2D eigenvalue weighted by Crippen LogP contribution is -2.20. The molecule has 0 aliphatic carbocycles. The van der Waals surface area contributed by atoms with Gasteiger partial charge in [0.15, 0.2) is 0 Å². The summed E-state index contributed by atoms with van der Waals surface area (Å²) in [6.07, 6.45) is -0.266. The van der Waals surface area contributed by atoms with E-state index in [1.807, 2.05) is 48.5 Å². The second-order valence-corrected chi connectivity index (χ2v) is 5.01. The van der Waals surface area contributed by atoms with Gasteiger partial charge in [-0.3, -0.25) is 0 Å². The van der Waals surface area contributed by atoms with E-state index in [9.17, 15) is 0 Å². The molecule has 0 fully saturated rings. The molecule has 20 heavy (non-hydrogen) atoms. The van der Waals surface area contributed by atoms with E-state index in [0.717, 1.165) is 16.7 Å². The molecule has 2 nitrogen and oxygen atoms in total. The molecule has 2 aromatic carbocycles. The molecular weight excluding hydrogens is 246 g/mol. The van der Waals surface area contributed by atoms with Crippen molar-refractivity contribution >= 4 is 0 Å². The van der Waals surface area contributed by atoms with Crippen LogP contribution in [0.3, 0.4) is 0 Å². The van der Waals surface area contributed by atoms with Gasteiger partial charge >= 0.3 is 0 Å². The molecular formula is C18H23NO. The van der Waals surface area contributed by atoms with Gasteiger partial charge < -0.3 is 9.64 Å². The molecule has 0 saturated heterocycles. The lowest BCUT2D eigenvalue weighted by Gasteiger charge is -2.22. The summed E-state index contributed by atoms with van der Waals surface area (Å²) < 4.78 is 22.0. The van der Waals surface area contributed by atoms with Crippen LogP contribution < -0.4 is 0 Å². The van der Waals surface area contributed by atoms with Gasteiger partial charge in [-0.2, -0.15) is 0 Å². The molecule has 0 heterocycles. The maximum atomic E-state index is 8.02. The number of hydrogen-bond acceptors (Lipinski definition) is 2. The Balaban J connectivity index is 2.30. The molecule has 0 spiro atoms. The number of ether oxygens (including phenoxy) is 1. The third-order valence-corrected chi connectivity index (χ3v) is 3.20. The van der Waals surface area contributed by atoms with Crippen molar-refractivity contribution in [2.24, 2.45) is 0 Å². The summed E-state index contributed by atoms with van der Waals surface area (Å²) in [7, 11) is 3.43. The summed E-state index contributed by atoms with van der Waals surface area (Å²) in [5, 5.41) is 0. The van der Waals surface area contributed by atoms with Gasteiger partial charge in [-0.25, -0.2) is 0 Å². The van der Waals surface area contributed by atoms with E-state index >= 15 is 0 Å². The number of aryl methyl sites for hydroxylation is 1. The lowest BCUT2D eigenvalue weighted by molar-refractivity contribution is 0.0683. The summed E-state index contributed by atoms with van der Waals surface area (Å²) in [6.45, 7) is 0.554. The normalized spacial score (nSPS) is 14.8. The van der Waals surface area contributed by atoms with Crippen LogP contribution in [0, 0.1) is 6.92 Å². The molecule has 0 amide bonds. The summed E-state index contributed by atoms with van der Waals surface area (Å²) in [5.41, 5.74) is 3.25. The highest BCUT2D eigenvalue weighted by Gasteiger charge is 2.16. The molecule has 1 unspecified atom stereocenters. The van der Waals surface area contributed by atoms with E-state index in [1.165, 1.54) is 4.90 Å². The van der Waals surface area contributed by atoms with Crippen LogP contribution in [0.15, 0.2) is 54.6 Å². The maximum Gasteiger partial charge on any atom is 0.108 e. The quantitative estimate of drug-likeness (QED) is 0.795. The Morgan fingerprint density at radius 1 is 1.05 bits per heavy atom. The van der Waals surface area contributed by atoms with Crippen LogP contribution in [0.25, 0.3) is 0 Å². The predicted molar refractivity (Wildman–Crippen MR) is 84.0 cm³/mol. The van der Waals surface area contributed by atoms with Gasteiger partial charge in [-0.05, 0) is 37.7 Å². The highest BCUT2D eigenvalue weighted by molar-refractivity contribution is 5.35. The predicted octanol–water partition coefficient (Wildman–Crippen LogP) is 3.66. The minimum absolute atomic E-state index is 0.00783. The van der Waals surface area contributed by atoms with Crippen molar-refractivity contribution in [1.82, 2.24) is 4.90 Å². The smallest absolute Gasteiger partial charge is 0.108 e. The summed E-state index contributed by atoms with van der Waals surface area (Å²) in [5.74, 6) is 0. The fourth-order valence-electron chi connectivity index (χ4n) is 2.12. The van der Waals surface area contributed by atoms with Crippen molar-refractivity contribution in [2.45, 2.75) is 13.0 Å².